The van der Waals surface area contributed by atoms with Gasteiger partial charge in [0.15, 0.2) is 6.29 Å². The average Bonchev–Trinajstić information content (AvgIpc) is 3.03. The third-order valence-corrected chi connectivity index (χ3v) is 4.97. The quantitative estimate of drug-likeness (QED) is 0.841. The van der Waals surface area contributed by atoms with Gasteiger partial charge in [-0.2, -0.15) is 0 Å². The molecule has 1 aliphatic carbocycles. The van der Waals surface area contributed by atoms with Crippen molar-refractivity contribution < 1.29 is 14.2 Å². The summed E-state index contributed by atoms with van der Waals surface area (Å²) in [4.78, 5) is 8.11. The highest BCUT2D eigenvalue weighted by atomic mass is 35.5. The molecule has 1 aliphatic heterocycles. The molecule has 6 nitrogen and oxygen atoms in total. The third-order valence-electron chi connectivity index (χ3n) is 4.76. The predicted molar refractivity (Wildman–Crippen MR) is 93.7 cm³/mol. The Labute approximate surface area is 151 Å². The minimum absolute atomic E-state index is 0.177. The van der Waals surface area contributed by atoms with E-state index in [4.69, 9.17) is 25.8 Å². The number of nitrogens with zero attached hydrogens (tertiary/aromatic N) is 2. The molecule has 2 aliphatic rings. The third kappa shape index (κ3) is 3.71. The molecule has 1 saturated heterocycles. The highest BCUT2D eigenvalue weighted by Gasteiger charge is 2.40. The Balaban J connectivity index is 1.38. The van der Waals surface area contributed by atoms with Crippen molar-refractivity contribution in [2.45, 2.75) is 31.3 Å². The number of aromatic nitrogens is 2. The maximum absolute atomic E-state index is 6.20. The first-order chi connectivity index (χ1) is 12.2. The molecule has 0 radical (unpaired) electrons. The largest absolute Gasteiger partial charge is 0.497 e. The number of methoxy groups -OCH3 is 1. The van der Waals surface area contributed by atoms with E-state index in [1.807, 2.05) is 24.3 Å². The van der Waals surface area contributed by atoms with Gasteiger partial charge < -0.3 is 19.5 Å². The molecule has 7 heteroatoms. The van der Waals surface area contributed by atoms with Crippen LogP contribution in [0.25, 0.3) is 0 Å². The van der Waals surface area contributed by atoms with Gasteiger partial charge in [-0.05, 0) is 25.0 Å². The molecular formula is C18H20ClN3O3. The minimum atomic E-state index is -0.320. The van der Waals surface area contributed by atoms with Crippen LogP contribution in [-0.2, 0) is 9.47 Å². The van der Waals surface area contributed by atoms with Crippen molar-refractivity contribution in [3.63, 3.8) is 0 Å². The summed E-state index contributed by atoms with van der Waals surface area (Å²) < 4.78 is 17.3. The predicted octanol–water partition coefficient (Wildman–Crippen LogP) is 3.44. The van der Waals surface area contributed by atoms with Crippen molar-refractivity contribution in [1.29, 1.82) is 0 Å². The van der Waals surface area contributed by atoms with Crippen molar-refractivity contribution in [3.05, 3.63) is 47.4 Å². The summed E-state index contributed by atoms with van der Waals surface area (Å²) in [7, 11) is 1.66. The molecule has 4 rings (SSSR count). The van der Waals surface area contributed by atoms with E-state index >= 15 is 0 Å². The standard InChI is InChI=1S/C18H20ClN3O3/c1-23-14-4-2-11(3-5-14)18-24-9-12-6-13(7-15(12)25-18)22-17-8-16(19)20-10-21-17/h2-5,8,10,12-13,15,18H,6-7,9H2,1H3,(H,20,21,22)/t12?,13-,15+,18?/m1/s1. The highest BCUT2D eigenvalue weighted by Crippen LogP contribution is 2.39. The zero-order valence-corrected chi connectivity index (χ0v) is 14.6. The number of rotatable bonds is 4. The molecule has 0 spiro atoms. The van der Waals surface area contributed by atoms with E-state index in [9.17, 15) is 0 Å². The first-order valence-electron chi connectivity index (χ1n) is 8.36. The van der Waals surface area contributed by atoms with Crippen molar-refractivity contribution in [2.24, 2.45) is 5.92 Å². The molecule has 1 saturated carbocycles. The van der Waals surface area contributed by atoms with Gasteiger partial charge in [0, 0.05) is 23.6 Å². The smallest absolute Gasteiger partial charge is 0.184 e. The molecule has 1 aromatic heterocycles. The van der Waals surface area contributed by atoms with Gasteiger partial charge in [-0.15, -0.1) is 0 Å². The summed E-state index contributed by atoms with van der Waals surface area (Å²) in [6.07, 6.45) is 3.23. The molecule has 2 unspecified atom stereocenters. The van der Waals surface area contributed by atoms with Crippen LogP contribution < -0.4 is 10.1 Å². The fraction of sp³-hybridized carbons (Fsp3) is 0.444. The zero-order valence-electron chi connectivity index (χ0n) is 13.9. The Hall–Kier alpha value is -1.89. The van der Waals surface area contributed by atoms with Gasteiger partial charge in [-0.3, -0.25) is 0 Å². The van der Waals surface area contributed by atoms with Crippen LogP contribution in [0.15, 0.2) is 36.7 Å². The Morgan fingerprint density at radius 3 is 2.80 bits per heavy atom. The minimum Gasteiger partial charge on any atom is -0.497 e. The van der Waals surface area contributed by atoms with Crippen LogP contribution in [-0.4, -0.2) is 35.8 Å². The number of ether oxygens (including phenoxy) is 3. The van der Waals surface area contributed by atoms with Gasteiger partial charge in [0.25, 0.3) is 0 Å². The van der Waals surface area contributed by atoms with Crippen molar-refractivity contribution in [3.8, 4) is 5.75 Å². The number of nitrogens with one attached hydrogen (secondary N) is 1. The normalized spacial score (nSPS) is 28.4. The molecule has 132 valence electrons. The lowest BCUT2D eigenvalue weighted by Gasteiger charge is -2.32. The van der Waals surface area contributed by atoms with Gasteiger partial charge in [0.05, 0.1) is 19.8 Å². The Kier molecular flexibility index (Phi) is 4.74. The van der Waals surface area contributed by atoms with E-state index in [1.165, 1.54) is 6.33 Å². The van der Waals surface area contributed by atoms with E-state index < -0.39 is 0 Å². The van der Waals surface area contributed by atoms with Crippen LogP contribution >= 0.6 is 11.6 Å². The van der Waals surface area contributed by atoms with E-state index in [1.54, 1.807) is 13.2 Å². The molecular weight excluding hydrogens is 342 g/mol. The molecule has 1 N–H and O–H groups in total. The first-order valence-corrected chi connectivity index (χ1v) is 8.74. The summed E-state index contributed by atoms with van der Waals surface area (Å²) in [5, 5.41) is 3.86. The van der Waals surface area contributed by atoms with Crippen LogP contribution in [0.5, 0.6) is 5.75 Å². The second-order valence-electron chi connectivity index (χ2n) is 6.41. The Bertz CT molecular complexity index is 728. The number of fused-ring (bicyclic) bond motifs is 1. The van der Waals surface area contributed by atoms with Crippen LogP contribution in [0.1, 0.15) is 24.7 Å². The lowest BCUT2D eigenvalue weighted by atomic mass is 10.1. The van der Waals surface area contributed by atoms with Crippen molar-refractivity contribution >= 4 is 17.4 Å². The average molecular weight is 362 g/mol. The summed E-state index contributed by atoms with van der Waals surface area (Å²) in [5.41, 5.74) is 1.01. The molecule has 0 bridgehead atoms. The van der Waals surface area contributed by atoms with Gasteiger partial charge in [0.1, 0.15) is 23.0 Å². The van der Waals surface area contributed by atoms with Crippen molar-refractivity contribution in [1.82, 2.24) is 9.97 Å². The maximum Gasteiger partial charge on any atom is 0.184 e. The fourth-order valence-corrected chi connectivity index (χ4v) is 3.66. The lowest BCUT2D eigenvalue weighted by Crippen LogP contribution is -2.32. The fourth-order valence-electron chi connectivity index (χ4n) is 3.51. The zero-order chi connectivity index (χ0) is 17.2. The van der Waals surface area contributed by atoms with Crippen LogP contribution in [0.3, 0.4) is 0 Å². The Morgan fingerprint density at radius 2 is 2.04 bits per heavy atom. The molecule has 2 aromatic rings. The monoisotopic (exact) mass is 361 g/mol. The van der Waals surface area contributed by atoms with Crippen LogP contribution in [0.4, 0.5) is 5.82 Å². The van der Waals surface area contributed by atoms with E-state index in [2.05, 4.69) is 15.3 Å². The summed E-state index contributed by atoms with van der Waals surface area (Å²) in [6.45, 7) is 0.698. The van der Waals surface area contributed by atoms with E-state index in [-0.39, 0.29) is 12.4 Å². The SMILES string of the molecule is COc1ccc(C2OCC3C[C@@H](Nc4cc(Cl)ncn4)C[C@@H]3O2)cc1. The first kappa shape index (κ1) is 16.6. The molecule has 2 fully saturated rings. The Morgan fingerprint density at radius 1 is 1.20 bits per heavy atom. The molecule has 2 heterocycles. The molecule has 0 amide bonds. The number of benzene rings is 1. The molecule has 4 atom stereocenters. The van der Waals surface area contributed by atoms with Crippen molar-refractivity contribution in [2.75, 3.05) is 19.0 Å². The second kappa shape index (κ2) is 7.15. The topological polar surface area (TPSA) is 65.5 Å². The van der Waals surface area contributed by atoms with Gasteiger partial charge in [-0.25, -0.2) is 9.97 Å². The van der Waals surface area contributed by atoms with Gasteiger partial charge >= 0.3 is 0 Å². The van der Waals surface area contributed by atoms with Gasteiger partial charge in [0.2, 0.25) is 0 Å². The number of anilines is 1. The maximum atomic E-state index is 6.20. The summed E-state index contributed by atoms with van der Waals surface area (Å²) >= 11 is 5.92. The molecule has 1 aromatic carbocycles. The van der Waals surface area contributed by atoms with Crippen LogP contribution in [0.2, 0.25) is 5.15 Å². The summed E-state index contributed by atoms with van der Waals surface area (Å²) in [5.74, 6) is 1.96. The van der Waals surface area contributed by atoms with E-state index in [0.29, 0.717) is 23.7 Å². The second-order valence-corrected chi connectivity index (χ2v) is 6.80. The van der Waals surface area contributed by atoms with Crippen LogP contribution in [0, 0.1) is 5.92 Å². The number of halogens is 1. The summed E-state index contributed by atoms with van der Waals surface area (Å²) in [6, 6.07) is 9.84. The highest BCUT2D eigenvalue weighted by molar-refractivity contribution is 6.29. The molecule has 25 heavy (non-hydrogen) atoms. The van der Waals surface area contributed by atoms with Gasteiger partial charge in [-0.1, -0.05) is 23.7 Å². The van der Waals surface area contributed by atoms with E-state index in [0.717, 1.165) is 30.0 Å². The lowest BCUT2D eigenvalue weighted by molar-refractivity contribution is -0.233. The number of hydrogen-bond acceptors (Lipinski definition) is 6. The number of hydrogen-bond donors (Lipinski definition) is 1.